The van der Waals surface area contributed by atoms with Gasteiger partial charge in [0.15, 0.2) is 5.76 Å². The fourth-order valence-electron chi connectivity index (χ4n) is 2.09. The van der Waals surface area contributed by atoms with Gasteiger partial charge in [0.2, 0.25) is 0 Å². The molecule has 0 saturated heterocycles. The quantitative estimate of drug-likeness (QED) is 0.671. The number of aryl methyl sites for hydroxylation is 2. The Morgan fingerprint density at radius 2 is 2.14 bits per heavy atom. The van der Waals surface area contributed by atoms with Crippen molar-refractivity contribution < 1.29 is 14.1 Å². The lowest BCUT2D eigenvalue weighted by Gasteiger charge is -2.06. The summed E-state index contributed by atoms with van der Waals surface area (Å²) in [6.45, 7) is 3.93. The largest absolute Gasteiger partial charge is 0.455 e. The second kappa shape index (κ2) is 6.15. The van der Waals surface area contributed by atoms with Crippen LogP contribution in [0, 0.1) is 13.8 Å². The maximum absolute atomic E-state index is 12.1. The highest BCUT2D eigenvalue weighted by atomic mass is 32.1. The van der Waals surface area contributed by atoms with E-state index < -0.39 is 0 Å². The number of aromatic nitrogens is 1. The summed E-state index contributed by atoms with van der Waals surface area (Å²) in [7, 11) is 0. The van der Waals surface area contributed by atoms with Crippen molar-refractivity contribution >= 4 is 17.3 Å². The summed E-state index contributed by atoms with van der Waals surface area (Å²) in [5.41, 5.74) is 3.11. The first-order chi connectivity index (χ1) is 10.6. The van der Waals surface area contributed by atoms with Gasteiger partial charge in [0.25, 0.3) is 0 Å². The summed E-state index contributed by atoms with van der Waals surface area (Å²) in [6.07, 6.45) is 0. The highest BCUT2D eigenvalue weighted by Crippen LogP contribution is 2.25. The van der Waals surface area contributed by atoms with E-state index in [-0.39, 0.29) is 12.6 Å². The van der Waals surface area contributed by atoms with Gasteiger partial charge >= 0.3 is 5.97 Å². The zero-order valence-electron chi connectivity index (χ0n) is 12.3. The van der Waals surface area contributed by atoms with Crippen molar-refractivity contribution in [2.45, 2.75) is 20.5 Å². The first kappa shape index (κ1) is 14.5. The molecule has 2 heterocycles. The maximum Gasteiger partial charge on any atom is 0.338 e. The summed E-state index contributed by atoms with van der Waals surface area (Å²) in [5.74, 6) is 0.342. The standard InChI is InChI=1S/C17H15NO3S/c1-11-5-6-12(2)14(8-11)17(19)20-10-13-9-15(21-18-13)16-4-3-7-22-16/h3-9H,10H2,1-2H3. The van der Waals surface area contributed by atoms with Crippen LogP contribution in [0.1, 0.15) is 27.2 Å². The second-order valence-corrected chi connectivity index (χ2v) is 6.00. The molecular formula is C17H15NO3S. The summed E-state index contributed by atoms with van der Waals surface area (Å²) in [5, 5.41) is 5.90. The predicted molar refractivity (Wildman–Crippen MR) is 84.9 cm³/mol. The van der Waals surface area contributed by atoms with E-state index in [1.807, 2.05) is 49.6 Å². The molecule has 0 aliphatic heterocycles. The molecule has 0 N–H and O–H groups in total. The van der Waals surface area contributed by atoms with Crippen LogP contribution >= 0.6 is 11.3 Å². The summed E-state index contributed by atoms with van der Waals surface area (Å²) < 4.78 is 10.6. The third-order valence-electron chi connectivity index (χ3n) is 3.29. The number of benzene rings is 1. The van der Waals surface area contributed by atoms with Gasteiger partial charge in [-0.15, -0.1) is 11.3 Å². The van der Waals surface area contributed by atoms with E-state index in [1.54, 1.807) is 17.4 Å². The van der Waals surface area contributed by atoms with Crippen LogP contribution < -0.4 is 0 Å². The van der Waals surface area contributed by atoms with Crippen molar-refractivity contribution in [3.63, 3.8) is 0 Å². The average molecular weight is 313 g/mol. The zero-order valence-corrected chi connectivity index (χ0v) is 13.1. The van der Waals surface area contributed by atoms with Crippen molar-refractivity contribution in [1.29, 1.82) is 0 Å². The van der Waals surface area contributed by atoms with E-state index in [1.165, 1.54) is 0 Å². The molecule has 1 aromatic carbocycles. The van der Waals surface area contributed by atoms with Gasteiger partial charge in [0.1, 0.15) is 12.3 Å². The van der Waals surface area contributed by atoms with Gasteiger partial charge in [-0.3, -0.25) is 0 Å². The van der Waals surface area contributed by atoms with Crippen molar-refractivity contribution in [3.8, 4) is 10.6 Å². The van der Waals surface area contributed by atoms with Gasteiger partial charge in [0, 0.05) is 6.07 Å². The number of thiophene rings is 1. The predicted octanol–water partition coefficient (Wildman–Crippen LogP) is 4.38. The number of nitrogens with zero attached hydrogens (tertiary/aromatic N) is 1. The maximum atomic E-state index is 12.1. The third kappa shape index (κ3) is 3.09. The molecule has 0 aliphatic rings. The Labute approximate surface area is 132 Å². The summed E-state index contributed by atoms with van der Waals surface area (Å²) in [6, 6.07) is 11.4. The molecular weight excluding hydrogens is 298 g/mol. The minimum atomic E-state index is -0.345. The number of rotatable bonds is 4. The van der Waals surface area contributed by atoms with Gasteiger partial charge in [0.05, 0.1) is 10.4 Å². The van der Waals surface area contributed by atoms with E-state index in [0.717, 1.165) is 16.0 Å². The normalized spacial score (nSPS) is 10.6. The van der Waals surface area contributed by atoms with Crippen LogP contribution in [0.5, 0.6) is 0 Å². The van der Waals surface area contributed by atoms with Gasteiger partial charge in [-0.2, -0.15) is 0 Å². The number of carbonyl (C=O) groups excluding carboxylic acids is 1. The van der Waals surface area contributed by atoms with Crippen molar-refractivity contribution in [3.05, 3.63) is 64.2 Å². The van der Waals surface area contributed by atoms with Gasteiger partial charge in [-0.25, -0.2) is 4.79 Å². The summed E-state index contributed by atoms with van der Waals surface area (Å²) >= 11 is 1.57. The number of esters is 1. The van der Waals surface area contributed by atoms with Crippen LogP contribution in [0.25, 0.3) is 10.6 Å². The van der Waals surface area contributed by atoms with Gasteiger partial charge in [-0.1, -0.05) is 28.9 Å². The van der Waals surface area contributed by atoms with Crippen LogP contribution in [-0.2, 0) is 11.3 Å². The number of hydrogen-bond acceptors (Lipinski definition) is 5. The first-order valence-corrected chi connectivity index (χ1v) is 7.75. The molecule has 0 fully saturated rings. The van der Waals surface area contributed by atoms with Crippen LogP contribution in [0.15, 0.2) is 46.3 Å². The molecule has 0 amide bonds. The molecule has 0 atom stereocenters. The van der Waals surface area contributed by atoms with Gasteiger partial charge < -0.3 is 9.26 Å². The highest BCUT2D eigenvalue weighted by Gasteiger charge is 2.13. The topological polar surface area (TPSA) is 52.3 Å². The van der Waals surface area contributed by atoms with Crippen molar-refractivity contribution in [1.82, 2.24) is 5.16 Å². The minimum absolute atomic E-state index is 0.0983. The molecule has 0 bridgehead atoms. The smallest absolute Gasteiger partial charge is 0.338 e. The lowest BCUT2D eigenvalue weighted by Crippen LogP contribution is -2.07. The second-order valence-electron chi connectivity index (χ2n) is 5.05. The molecule has 22 heavy (non-hydrogen) atoms. The van der Waals surface area contributed by atoms with Crippen molar-refractivity contribution in [2.75, 3.05) is 0 Å². The monoisotopic (exact) mass is 313 g/mol. The first-order valence-electron chi connectivity index (χ1n) is 6.87. The fourth-order valence-corrected chi connectivity index (χ4v) is 2.76. The number of ether oxygens (including phenoxy) is 1. The third-order valence-corrected chi connectivity index (χ3v) is 4.17. The van der Waals surface area contributed by atoms with E-state index >= 15 is 0 Å². The molecule has 5 heteroatoms. The average Bonchev–Trinajstić information content (AvgIpc) is 3.17. The SMILES string of the molecule is Cc1ccc(C)c(C(=O)OCc2cc(-c3cccs3)on2)c1. The molecule has 112 valence electrons. The Hall–Kier alpha value is -2.40. The molecule has 0 unspecified atom stereocenters. The molecule has 0 saturated carbocycles. The summed E-state index contributed by atoms with van der Waals surface area (Å²) in [4.78, 5) is 13.1. The molecule has 0 radical (unpaired) electrons. The molecule has 0 aliphatic carbocycles. The Balaban J connectivity index is 1.67. The Kier molecular flexibility index (Phi) is 4.06. The Morgan fingerprint density at radius 1 is 1.27 bits per heavy atom. The van der Waals surface area contributed by atoms with Crippen LogP contribution in [0.2, 0.25) is 0 Å². The highest BCUT2D eigenvalue weighted by molar-refractivity contribution is 7.13. The Bertz CT molecular complexity index is 790. The van der Waals surface area contributed by atoms with Crippen LogP contribution in [0.4, 0.5) is 0 Å². The molecule has 3 aromatic rings. The number of hydrogen-bond donors (Lipinski definition) is 0. The fraction of sp³-hybridized carbons (Fsp3) is 0.176. The number of carbonyl (C=O) groups is 1. The van der Waals surface area contributed by atoms with Crippen LogP contribution in [0.3, 0.4) is 0 Å². The Morgan fingerprint density at radius 3 is 2.91 bits per heavy atom. The van der Waals surface area contributed by atoms with Crippen molar-refractivity contribution in [2.24, 2.45) is 0 Å². The van der Waals surface area contributed by atoms with E-state index in [2.05, 4.69) is 5.16 Å². The zero-order chi connectivity index (χ0) is 15.5. The molecule has 2 aromatic heterocycles. The van der Waals surface area contributed by atoms with Crippen LogP contribution in [-0.4, -0.2) is 11.1 Å². The lowest BCUT2D eigenvalue weighted by molar-refractivity contribution is 0.0463. The van der Waals surface area contributed by atoms with Gasteiger partial charge in [-0.05, 0) is 36.9 Å². The minimum Gasteiger partial charge on any atom is -0.455 e. The lowest BCUT2D eigenvalue weighted by atomic mass is 10.1. The van der Waals surface area contributed by atoms with E-state index in [9.17, 15) is 4.79 Å². The molecule has 0 spiro atoms. The van der Waals surface area contributed by atoms with E-state index in [4.69, 9.17) is 9.26 Å². The molecule has 4 nitrogen and oxygen atoms in total. The van der Waals surface area contributed by atoms with E-state index in [0.29, 0.717) is 17.0 Å². The molecule has 3 rings (SSSR count).